The summed E-state index contributed by atoms with van der Waals surface area (Å²) < 4.78 is 4.93. The zero-order chi connectivity index (χ0) is 13.4. The Morgan fingerprint density at radius 2 is 2.22 bits per heavy atom. The average Bonchev–Trinajstić information content (AvgIpc) is 2.35. The van der Waals surface area contributed by atoms with Gasteiger partial charge in [0, 0.05) is 25.2 Å². The first kappa shape index (κ1) is 15.4. The Hall–Kier alpha value is -0.610. The summed E-state index contributed by atoms with van der Waals surface area (Å²) in [6.45, 7) is 4.95. The highest BCUT2D eigenvalue weighted by Crippen LogP contribution is 2.11. The van der Waals surface area contributed by atoms with E-state index in [9.17, 15) is 5.11 Å². The lowest BCUT2D eigenvalue weighted by Crippen LogP contribution is -2.35. The molecule has 3 nitrogen and oxygen atoms in total. The SMILES string of the molecule is CCN(CCc1cccc(Cl)c1)CC(O)COC. The Bertz CT molecular complexity index is 346. The molecule has 1 aromatic rings. The van der Waals surface area contributed by atoms with Crippen LogP contribution in [0, 0.1) is 0 Å². The van der Waals surface area contributed by atoms with E-state index < -0.39 is 6.10 Å². The van der Waals surface area contributed by atoms with E-state index in [0.29, 0.717) is 13.2 Å². The third-order valence-electron chi connectivity index (χ3n) is 2.88. The maximum absolute atomic E-state index is 9.70. The van der Waals surface area contributed by atoms with Crippen molar-refractivity contribution in [2.24, 2.45) is 0 Å². The molecule has 1 rings (SSSR count). The Kier molecular flexibility index (Phi) is 7.28. The van der Waals surface area contributed by atoms with Gasteiger partial charge in [-0.05, 0) is 30.7 Å². The van der Waals surface area contributed by atoms with Gasteiger partial charge < -0.3 is 14.7 Å². The van der Waals surface area contributed by atoms with Crippen molar-refractivity contribution in [1.29, 1.82) is 0 Å². The third kappa shape index (κ3) is 5.83. The van der Waals surface area contributed by atoms with Gasteiger partial charge in [0.05, 0.1) is 12.7 Å². The van der Waals surface area contributed by atoms with E-state index in [-0.39, 0.29) is 0 Å². The smallest absolute Gasteiger partial charge is 0.0900 e. The lowest BCUT2D eigenvalue weighted by molar-refractivity contribution is 0.0391. The summed E-state index contributed by atoms with van der Waals surface area (Å²) in [5.74, 6) is 0. The number of hydrogen-bond donors (Lipinski definition) is 1. The van der Waals surface area contributed by atoms with Crippen LogP contribution in [-0.2, 0) is 11.2 Å². The highest BCUT2D eigenvalue weighted by molar-refractivity contribution is 6.30. The molecule has 0 spiro atoms. The highest BCUT2D eigenvalue weighted by atomic mass is 35.5. The molecule has 102 valence electrons. The van der Waals surface area contributed by atoms with E-state index in [0.717, 1.165) is 24.5 Å². The van der Waals surface area contributed by atoms with Crippen LogP contribution in [0.5, 0.6) is 0 Å². The molecule has 1 atom stereocenters. The molecule has 0 radical (unpaired) electrons. The zero-order valence-electron chi connectivity index (χ0n) is 11.1. The van der Waals surface area contributed by atoms with Gasteiger partial charge in [-0.2, -0.15) is 0 Å². The van der Waals surface area contributed by atoms with Gasteiger partial charge in [-0.3, -0.25) is 0 Å². The summed E-state index contributed by atoms with van der Waals surface area (Å²) in [6, 6.07) is 7.91. The van der Waals surface area contributed by atoms with Crippen molar-refractivity contribution in [2.75, 3.05) is 33.4 Å². The quantitative estimate of drug-likeness (QED) is 0.787. The topological polar surface area (TPSA) is 32.7 Å². The molecule has 18 heavy (non-hydrogen) atoms. The van der Waals surface area contributed by atoms with Crippen LogP contribution in [0.25, 0.3) is 0 Å². The minimum absolute atomic E-state index is 0.383. The predicted octanol–water partition coefficient (Wildman–Crippen LogP) is 2.21. The van der Waals surface area contributed by atoms with Gasteiger partial charge in [0.1, 0.15) is 0 Å². The molecule has 1 aromatic carbocycles. The maximum Gasteiger partial charge on any atom is 0.0900 e. The minimum Gasteiger partial charge on any atom is -0.389 e. The predicted molar refractivity (Wildman–Crippen MR) is 75.2 cm³/mol. The number of hydrogen-bond acceptors (Lipinski definition) is 3. The second-order valence-electron chi connectivity index (χ2n) is 4.38. The fourth-order valence-corrected chi connectivity index (χ4v) is 2.11. The van der Waals surface area contributed by atoms with E-state index in [1.54, 1.807) is 7.11 Å². The number of aliphatic hydroxyl groups excluding tert-OH is 1. The van der Waals surface area contributed by atoms with Gasteiger partial charge in [-0.1, -0.05) is 30.7 Å². The van der Waals surface area contributed by atoms with Crippen molar-refractivity contribution >= 4 is 11.6 Å². The monoisotopic (exact) mass is 271 g/mol. The van der Waals surface area contributed by atoms with Crippen LogP contribution >= 0.6 is 11.6 Å². The number of rotatable bonds is 8. The fourth-order valence-electron chi connectivity index (χ4n) is 1.90. The standard InChI is InChI=1S/C14H22ClNO2/c1-3-16(10-14(17)11-18-2)8-7-12-5-4-6-13(15)9-12/h4-6,9,14,17H,3,7-8,10-11H2,1-2H3. The van der Waals surface area contributed by atoms with E-state index in [2.05, 4.69) is 17.9 Å². The molecule has 0 aliphatic heterocycles. The molecular weight excluding hydrogens is 250 g/mol. The number of ether oxygens (including phenoxy) is 1. The molecule has 0 amide bonds. The van der Waals surface area contributed by atoms with Crippen molar-refractivity contribution in [2.45, 2.75) is 19.4 Å². The Balaban J connectivity index is 2.39. The second kappa shape index (κ2) is 8.48. The minimum atomic E-state index is -0.422. The van der Waals surface area contributed by atoms with Crippen molar-refractivity contribution in [1.82, 2.24) is 4.90 Å². The highest BCUT2D eigenvalue weighted by Gasteiger charge is 2.10. The van der Waals surface area contributed by atoms with Gasteiger partial charge in [-0.25, -0.2) is 0 Å². The molecule has 0 aliphatic carbocycles. The van der Waals surface area contributed by atoms with Crippen molar-refractivity contribution in [3.8, 4) is 0 Å². The summed E-state index contributed by atoms with van der Waals surface area (Å²) in [4.78, 5) is 2.21. The molecule has 1 N–H and O–H groups in total. The van der Waals surface area contributed by atoms with Crippen molar-refractivity contribution < 1.29 is 9.84 Å². The Morgan fingerprint density at radius 1 is 1.44 bits per heavy atom. The van der Waals surface area contributed by atoms with Gasteiger partial charge in [0.2, 0.25) is 0 Å². The fraction of sp³-hybridized carbons (Fsp3) is 0.571. The van der Waals surface area contributed by atoms with Gasteiger partial charge in [-0.15, -0.1) is 0 Å². The number of methoxy groups -OCH3 is 1. The van der Waals surface area contributed by atoms with E-state index >= 15 is 0 Å². The first-order chi connectivity index (χ1) is 8.65. The second-order valence-corrected chi connectivity index (χ2v) is 4.82. The van der Waals surface area contributed by atoms with Crippen LogP contribution in [-0.4, -0.2) is 49.5 Å². The summed E-state index contributed by atoms with van der Waals surface area (Å²) in [7, 11) is 1.60. The molecule has 0 heterocycles. The van der Waals surface area contributed by atoms with Crippen LogP contribution in [0.1, 0.15) is 12.5 Å². The number of halogens is 1. The maximum atomic E-state index is 9.70. The molecule has 0 saturated carbocycles. The molecule has 1 unspecified atom stereocenters. The molecule has 4 heteroatoms. The van der Waals surface area contributed by atoms with E-state index in [1.165, 1.54) is 5.56 Å². The first-order valence-electron chi connectivity index (χ1n) is 6.29. The van der Waals surface area contributed by atoms with Gasteiger partial charge in [0.15, 0.2) is 0 Å². The molecule has 0 aliphatic rings. The number of nitrogens with zero attached hydrogens (tertiary/aromatic N) is 1. The van der Waals surface area contributed by atoms with E-state index in [4.69, 9.17) is 16.3 Å². The summed E-state index contributed by atoms with van der Waals surface area (Å²) >= 11 is 5.95. The van der Waals surface area contributed by atoms with Crippen LogP contribution < -0.4 is 0 Å². The third-order valence-corrected chi connectivity index (χ3v) is 3.12. The number of likely N-dealkylation sites (N-methyl/N-ethyl adjacent to an activating group) is 1. The lowest BCUT2D eigenvalue weighted by Gasteiger charge is -2.23. The summed E-state index contributed by atoms with van der Waals surface area (Å²) in [5.41, 5.74) is 1.22. The van der Waals surface area contributed by atoms with Gasteiger partial charge >= 0.3 is 0 Å². The number of benzene rings is 1. The lowest BCUT2D eigenvalue weighted by atomic mass is 10.1. The number of aliphatic hydroxyl groups is 1. The van der Waals surface area contributed by atoms with Gasteiger partial charge in [0.25, 0.3) is 0 Å². The van der Waals surface area contributed by atoms with Crippen LogP contribution in [0.15, 0.2) is 24.3 Å². The first-order valence-corrected chi connectivity index (χ1v) is 6.67. The summed E-state index contributed by atoms with van der Waals surface area (Å²) in [6.07, 6.45) is 0.517. The van der Waals surface area contributed by atoms with Crippen LogP contribution in [0.4, 0.5) is 0 Å². The Labute approximate surface area is 114 Å². The zero-order valence-corrected chi connectivity index (χ0v) is 11.9. The van der Waals surface area contributed by atoms with Crippen LogP contribution in [0.3, 0.4) is 0 Å². The molecular formula is C14H22ClNO2. The molecule has 0 fully saturated rings. The summed E-state index contributed by atoms with van der Waals surface area (Å²) in [5, 5.41) is 10.5. The largest absolute Gasteiger partial charge is 0.389 e. The molecule has 0 saturated heterocycles. The molecule has 0 bridgehead atoms. The average molecular weight is 272 g/mol. The van der Waals surface area contributed by atoms with Crippen LogP contribution in [0.2, 0.25) is 5.02 Å². The van der Waals surface area contributed by atoms with E-state index in [1.807, 2.05) is 18.2 Å². The normalized spacial score (nSPS) is 12.9. The molecule has 0 aromatic heterocycles. The van der Waals surface area contributed by atoms with Crippen molar-refractivity contribution in [3.05, 3.63) is 34.9 Å². The Morgan fingerprint density at radius 3 is 2.83 bits per heavy atom. The van der Waals surface area contributed by atoms with Crippen molar-refractivity contribution in [3.63, 3.8) is 0 Å².